The Bertz CT molecular complexity index is 714. The van der Waals surface area contributed by atoms with Gasteiger partial charge in [-0.2, -0.15) is 0 Å². The van der Waals surface area contributed by atoms with Gasteiger partial charge in [0.05, 0.1) is 6.26 Å². The second kappa shape index (κ2) is 4.23. The molecule has 0 bridgehead atoms. The van der Waals surface area contributed by atoms with Gasteiger partial charge in [0.1, 0.15) is 11.3 Å². The summed E-state index contributed by atoms with van der Waals surface area (Å²) in [5, 5.41) is 1.70. The average Bonchev–Trinajstić information content (AvgIpc) is 2.76. The standard InChI is InChI=1S/C15H12O5/c1-15(2)19-13(16)11(14(17)20-15)7-12-10-6-4-3-5-9(10)8-18-12/h3-8H,1-2H3. The van der Waals surface area contributed by atoms with E-state index in [9.17, 15) is 9.59 Å². The monoisotopic (exact) mass is 272 g/mol. The third kappa shape index (κ3) is 2.07. The van der Waals surface area contributed by atoms with Gasteiger partial charge in [0.15, 0.2) is 0 Å². The lowest BCUT2D eigenvalue weighted by molar-refractivity contribution is -0.222. The summed E-state index contributed by atoms with van der Waals surface area (Å²) in [6.07, 6.45) is 2.91. The molecular weight excluding hydrogens is 260 g/mol. The number of hydrogen-bond acceptors (Lipinski definition) is 5. The summed E-state index contributed by atoms with van der Waals surface area (Å²) in [6, 6.07) is 7.44. The van der Waals surface area contributed by atoms with E-state index in [0.29, 0.717) is 5.76 Å². The molecule has 2 aromatic rings. The van der Waals surface area contributed by atoms with E-state index >= 15 is 0 Å². The lowest BCUT2D eigenvalue weighted by Gasteiger charge is -2.29. The van der Waals surface area contributed by atoms with Crippen LogP contribution < -0.4 is 0 Å². The predicted molar refractivity (Wildman–Crippen MR) is 70.5 cm³/mol. The number of hydrogen-bond donors (Lipinski definition) is 0. The first kappa shape index (κ1) is 12.5. The maximum absolute atomic E-state index is 11.8. The normalized spacial score (nSPS) is 17.8. The van der Waals surface area contributed by atoms with E-state index in [2.05, 4.69) is 0 Å². The van der Waals surface area contributed by atoms with E-state index in [-0.39, 0.29) is 5.57 Å². The van der Waals surface area contributed by atoms with E-state index in [1.165, 1.54) is 19.9 Å². The Morgan fingerprint density at radius 2 is 1.70 bits per heavy atom. The van der Waals surface area contributed by atoms with E-state index in [1.54, 1.807) is 6.26 Å². The van der Waals surface area contributed by atoms with Crippen LogP contribution in [0.15, 0.2) is 40.5 Å². The molecular formula is C15H12O5. The molecule has 5 nitrogen and oxygen atoms in total. The largest absolute Gasteiger partial charge is 0.464 e. The lowest BCUT2D eigenvalue weighted by Crippen LogP contribution is -2.41. The molecule has 1 aromatic carbocycles. The van der Waals surface area contributed by atoms with Gasteiger partial charge in [-0.25, -0.2) is 9.59 Å². The van der Waals surface area contributed by atoms with Crippen LogP contribution in [0.3, 0.4) is 0 Å². The smallest absolute Gasteiger partial charge is 0.348 e. The molecule has 2 heterocycles. The van der Waals surface area contributed by atoms with E-state index < -0.39 is 17.7 Å². The zero-order valence-electron chi connectivity index (χ0n) is 11.0. The van der Waals surface area contributed by atoms with Crippen molar-refractivity contribution in [2.75, 3.05) is 0 Å². The SMILES string of the molecule is CC1(C)OC(=O)C(=Cc2occ3ccccc23)C(=O)O1. The number of furan rings is 1. The summed E-state index contributed by atoms with van der Waals surface area (Å²) in [5.74, 6) is -2.25. The Balaban J connectivity index is 2.04. The summed E-state index contributed by atoms with van der Waals surface area (Å²) < 4.78 is 15.4. The molecule has 20 heavy (non-hydrogen) atoms. The molecule has 0 unspecified atom stereocenters. The van der Waals surface area contributed by atoms with Crippen molar-refractivity contribution in [1.82, 2.24) is 0 Å². The highest BCUT2D eigenvalue weighted by Gasteiger charge is 2.39. The number of benzene rings is 1. The molecule has 1 aliphatic rings. The van der Waals surface area contributed by atoms with Crippen molar-refractivity contribution in [2.45, 2.75) is 19.6 Å². The summed E-state index contributed by atoms with van der Waals surface area (Å²) >= 11 is 0. The molecule has 0 atom stereocenters. The first-order valence-corrected chi connectivity index (χ1v) is 6.11. The number of ether oxygens (including phenoxy) is 2. The van der Waals surface area contributed by atoms with Gasteiger partial charge >= 0.3 is 11.9 Å². The van der Waals surface area contributed by atoms with Crippen molar-refractivity contribution in [1.29, 1.82) is 0 Å². The van der Waals surface area contributed by atoms with Gasteiger partial charge in [0.25, 0.3) is 5.79 Å². The highest BCUT2D eigenvalue weighted by Crippen LogP contribution is 2.27. The van der Waals surface area contributed by atoms with Crippen LogP contribution in [-0.2, 0) is 19.1 Å². The number of rotatable bonds is 1. The number of carbonyl (C=O) groups excluding carboxylic acids is 2. The molecule has 0 spiro atoms. The van der Waals surface area contributed by atoms with Crippen LogP contribution in [0.25, 0.3) is 16.8 Å². The summed E-state index contributed by atoms with van der Waals surface area (Å²) in [6.45, 7) is 3.00. The molecule has 102 valence electrons. The van der Waals surface area contributed by atoms with E-state index in [1.807, 2.05) is 24.3 Å². The molecule has 0 amide bonds. The Hall–Kier alpha value is -2.56. The second-order valence-electron chi connectivity index (χ2n) is 4.92. The Labute approximate surface area is 114 Å². The van der Waals surface area contributed by atoms with Gasteiger partial charge in [0.2, 0.25) is 0 Å². The Morgan fingerprint density at radius 1 is 1.05 bits per heavy atom. The minimum absolute atomic E-state index is 0.176. The van der Waals surface area contributed by atoms with Gasteiger partial charge in [-0.15, -0.1) is 0 Å². The summed E-state index contributed by atoms with van der Waals surface area (Å²) in [5.41, 5.74) is -0.176. The predicted octanol–water partition coefficient (Wildman–Crippen LogP) is 2.65. The van der Waals surface area contributed by atoms with Crippen molar-refractivity contribution >= 4 is 28.8 Å². The molecule has 1 aromatic heterocycles. The fraction of sp³-hybridized carbons (Fsp3) is 0.200. The molecule has 1 fully saturated rings. The third-order valence-corrected chi connectivity index (χ3v) is 2.93. The fourth-order valence-corrected chi connectivity index (χ4v) is 2.04. The van der Waals surface area contributed by atoms with Crippen molar-refractivity contribution in [2.24, 2.45) is 0 Å². The van der Waals surface area contributed by atoms with Gasteiger partial charge in [0, 0.05) is 30.7 Å². The minimum Gasteiger partial charge on any atom is -0.464 e. The highest BCUT2D eigenvalue weighted by atomic mass is 16.7. The maximum Gasteiger partial charge on any atom is 0.348 e. The average molecular weight is 272 g/mol. The van der Waals surface area contributed by atoms with Crippen molar-refractivity contribution < 1.29 is 23.5 Å². The van der Waals surface area contributed by atoms with Crippen LogP contribution in [0.1, 0.15) is 19.6 Å². The topological polar surface area (TPSA) is 65.7 Å². The van der Waals surface area contributed by atoms with Crippen molar-refractivity contribution in [3.63, 3.8) is 0 Å². The Morgan fingerprint density at radius 3 is 2.40 bits per heavy atom. The molecule has 0 saturated carbocycles. The quantitative estimate of drug-likeness (QED) is 0.453. The molecule has 1 saturated heterocycles. The lowest BCUT2D eigenvalue weighted by atomic mass is 10.1. The maximum atomic E-state index is 11.8. The van der Waals surface area contributed by atoms with Gasteiger partial charge < -0.3 is 13.9 Å². The Kier molecular flexibility index (Phi) is 2.64. The highest BCUT2D eigenvalue weighted by molar-refractivity contribution is 6.19. The number of fused-ring (bicyclic) bond motifs is 1. The summed E-state index contributed by atoms with van der Waals surface area (Å²) in [4.78, 5) is 23.7. The zero-order valence-corrected chi connectivity index (χ0v) is 11.0. The fourth-order valence-electron chi connectivity index (χ4n) is 2.04. The van der Waals surface area contributed by atoms with Crippen LogP contribution in [0.2, 0.25) is 0 Å². The van der Waals surface area contributed by atoms with Crippen LogP contribution in [0, 0.1) is 0 Å². The van der Waals surface area contributed by atoms with Crippen molar-refractivity contribution in [3.8, 4) is 0 Å². The van der Waals surface area contributed by atoms with Gasteiger partial charge in [-0.05, 0) is 0 Å². The minimum atomic E-state index is -1.24. The number of cyclic esters (lactones) is 2. The second-order valence-corrected chi connectivity index (χ2v) is 4.92. The molecule has 3 rings (SSSR count). The zero-order chi connectivity index (χ0) is 14.3. The summed E-state index contributed by atoms with van der Waals surface area (Å²) in [7, 11) is 0. The van der Waals surface area contributed by atoms with Crippen molar-refractivity contribution in [3.05, 3.63) is 41.9 Å². The van der Waals surface area contributed by atoms with E-state index in [0.717, 1.165) is 10.8 Å². The van der Waals surface area contributed by atoms with E-state index in [4.69, 9.17) is 13.9 Å². The molecule has 0 N–H and O–H groups in total. The van der Waals surface area contributed by atoms with Crippen LogP contribution >= 0.6 is 0 Å². The third-order valence-electron chi connectivity index (χ3n) is 2.93. The van der Waals surface area contributed by atoms with Crippen LogP contribution in [-0.4, -0.2) is 17.7 Å². The number of carbonyl (C=O) groups is 2. The number of esters is 2. The van der Waals surface area contributed by atoms with Crippen LogP contribution in [0.4, 0.5) is 0 Å². The van der Waals surface area contributed by atoms with Gasteiger partial charge in [-0.3, -0.25) is 0 Å². The van der Waals surface area contributed by atoms with Gasteiger partial charge in [-0.1, -0.05) is 24.3 Å². The molecule has 0 aliphatic carbocycles. The molecule has 0 radical (unpaired) electrons. The molecule has 5 heteroatoms. The first-order valence-electron chi connectivity index (χ1n) is 6.11. The first-order chi connectivity index (χ1) is 9.46. The van der Waals surface area contributed by atoms with Crippen LogP contribution in [0.5, 0.6) is 0 Å². The molecule has 1 aliphatic heterocycles.